The quantitative estimate of drug-likeness (QED) is 0.209. The molecule has 1 atom stereocenters. The standard InChI is InChI=1S/C33H33ClN2O6/c1-4-40-31(37)33(17-19-39-20-18-33)26-15-13-24(14-16-26)23-9-11-25(12-10-23)30-29(21(2)36-42-30)35-32(38)41-22(3)27-7-5-6-8-28(27)34/h5-16,22H,4,17-20H2,1-3H3,(H,35,38)/t22-/m1/s1. The predicted octanol–water partition coefficient (Wildman–Crippen LogP) is 7.89. The summed E-state index contributed by atoms with van der Waals surface area (Å²) in [7, 11) is 0. The summed E-state index contributed by atoms with van der Waals surface area (Å²) >= 11 is 6.25. The summed E-state index contributed by atoms with van der Waals surface area (Å²) in [6.45, 7) is 6.73. The van der Waals surface area contributed by atoms with E-state index < -0.39 is 17.6 Å². The van der Waals surface area contributed by atoms with Crippen LogP contribution in [0.1, 0.15) is 49.6 Å². The summed E-state index contributed by atoms with van der Waals surface area (Å²) in [5, 5.41) is 7.35. The normalized spacial score (nSPS) is 15.0. The van der Waals surface area contributed by atoms with E-state index in [-0.39, 0.29) is 5.97 Å². The molecule has 42 heavy (non-hydrogen) atoms. The summed E-state index contributed by atoms with van der Waals surface area (Å²) in [6.07, 6.45) is 0.00177. The molecule has 4 aromatic rings. The Balaban J connectivity index is 1.31. The summed E-state index contributed by atoms with van der Waals surface area (Å²) < 4.78 is 22.1. The van der Waals surface area contributed by atoms with E-state index >= 15 is 0 Å². The Bertz CT molecular complexity index is 1540. The number of rotatable bonds is 8. The van der Waals surface area contributed by atoms with Crippen molar-refractivity contribution >= 4 is 29.4 Å². The lowest BCUT2D eigenvalue weighted by Gasteiger charge is -2.35. The fourth-order valence-corrected chi connectivity index (χ4v) is 5.56. The summed E-state index contributed by atoms with van der Waals surface area (Å²) in [5.74, 6) is 0.229. The first kappa shape index (κ1) is 29.4. The zero-order valence-electron chi connectivity index (χ0n) is 23.8. The molecule has 0 spiro atoms. The Morgan fingerprint density at radius 3 is 2.24 bits per heavy atom. The van der Waals surface area contributed by atoms with Crippen molar-refractivity contribution in [3.63, 3.8) is 0 Å². The van der Waals surface area contributed by atoms with E-state index in [1.807, 2.05) is 73.7 Å². The molecule has 0 bridgehead atoms. The van der Waals surface area contributed by atoms with Crippen LogP contribution in [0.2, 0.25) is 5.02 Å². The maximum Gasteiger partial charge on any atom is 0.412 e. The summed E-state index contributed by atoms with van der Waals surface area (Å²) in [4.78, 5) is 25.7. The molecule has 2 heterocycles. The lowest BCUT2D eigenvalue weighted by atomic mass is 9.74. The van der Waals surface area contributed by atoms with E-state index in [1.165, 1.54) is 0 Å². The summed E-state index contributed by atoms with van der Waals surface area (Å²) in [5.41, 5.74) is 4.66. The molecule has 1 amide bonds. The number of carbonyl (C=O) groups is 2. The van der Waals surface area contributed by atoms with Gasteiger partial charge in [0.2, 0.25) is 0 Å². The van der Waals surface area contributed by atoms with Gasteiger partial charge >= 0.3 is 12.1 Å². The number of anilines is 1. The molecular weight excluding hydrogens is 556 g/mol. The van der Waals surface area contributed by atoms with E-state index in [0.717, 1.165) is 22.3 Å². The second-order valence-corrected chi connectivity index (χ2v) is 10.6. The number of nitrogens with one attached hydrogen (secondary N) is 1. The van der Waals surface area contributed by atoms with Gasteiger partial charge < -0.3 is 18.7 Å². The van der Waals surface area contributed by atoms with Crippen LogP contribution in [0.3, 0.4) is 0 Å². The Morgan fingerprint density at radius 1 is 0.976 bits per heavy atom. The van der Waals surface area contributed by atoms with E-state index in [4.69, 9.17) is 30.3 Å². The fourth-order valence-electron chi connectivity index (χ4n) is 5.27. The Hall–Kier alpha value is -4.14. The maximum atomic E-state index is 12.9. The number of aromatic nitrogens is 1. The average Bonchev–Trinajstić information content (AvgIpc) is 3.37. The van der Waals surface area contributed by atoms with Crippen LogP contribution in [0.5, 0.6) is 0 Å². The molecule has 1 fully saturated rings. The van der Waals surface area contributed by atoms with Gasteiger partial charge in [-0.15, -0.1) is 0 Å². The number of nitrogens with zero attached hydrogens (tertiary/aromatic N) is 1. The van der Waals surface area contributed by atoms with Crippen molar-refractivity contribution in [1.82, 2.24) is 5.16 Å². The molecule has 0 aliphatic carbocycles. The highest BCUT2D eigenvalue weighted by atomic mass is 35.5. The first-order valence-corrected chi connectivity index (χ1v) is 14.3. The molecular formula is C33H33ClN2O6. The van der Waals surface area contributed by atoms with Crippen molar-refractivity contribution in [1.29, 1.82) is 0 Å². The van der Waals surface area contributed by atoms with Gasteiger partial charge in [0.15, 0.2) is 5.76 Å². The number of carbonyl (C=O) groups excluding carboxylic acids is 2. The van der Waals surface area contributed by atoms with Gasteiger partial charge in [-0.25, -0.2) is 4.79 Å². The summed E-state index contributed by atoms with van der Waals surface area (Å²) in [6, 6.07) is 23.0. The van der Waals surface area contributed by atoms with Crippen LogP contribution < -0.4 is 5.32 Å². The van der Waals surface area contributed by atoms with Gasteiger partial charge in [-0.2, -0.15) is 0 Å². The van der Waals surface area contributed by atoms with E-state index in [2.05, 4.69) is 10.5 Å². The Morgan fingerprint density at radius 2 is 1.60 bits per heavy atom. The van der Waals surface area contributed by atoms with Gasteiger partial charge in [0, 0.05) is 29.4 Å². The minimum Gasteiger partial charge on any atom is -0.465 e. The van der Waals surface area contributed by atoms with Gasteiger partial charge in [0.25, 0.3) is 0 Å². The largest absolute Gasteiger partial charge is 0.465 e. The van der Waals surface area contributed by atoms with Crippen LogP contribution in [0, 0.1) is 6.92 Å². The topological polar surface area (TPSA) is 99.9 Å². The van der Waals surface area contributed by atoms with Crippen LogP contribution in [-0.4, -0.2) is 37.0 Å². The van der Waals surface area contributed by atoms with Gasteiger partial charge in [-0.05, 0) is 56.4 Å². The van der Waals surface area contributed by atoms with Crippen molar-refractivity contribution in [3.05, 3.63) is 94.6 Å². The Kier molecular flexibility index (Phi) is 8.94. The van der Waals surface area contributed by atoms with E-state index in [9.17, 15) is 9.59 Å². The van der Waals surface area contributed by atoms with Crippen molar-refractivity contribution in [2.24, 2.45) is 0 Å². The smallest absolute Gasteiger partial charge is 0.412 e. The number of benzene rings is 3. The SMILES string of the molecule is CCOC(=O)C1(c2ccc(-c3ccc(-c4onc(C)c4NC(=O)O[C@H](C)c4ccccc4Cl)cc3)cc2)CCOCC1. The third-order valence-electron chi connectivity index (χ3n) is 7.65. The molecule has 1 aliphatic heterocycles. The number of esters is 1. The number of halogens is 1. The fraction of sp³-hybridized carbons (Fsp3) is 0.303. The molecule has 1 aliphatic rings. The molecule has 9 heteroatoms. The molecule has 3 aromatic carbocycles. The van der Waals surface area contributed by atoms with Crippen LogP contribution in [0.15, 0.2) is 77.3 Å². The highest BCUT2D eigenvalue weighted by molar-refractivity contribution is 6.31. The number of aryl methyl sites for hydroxylation is 1. The number of hydrogen-bond acceptors (Lipinski definition) is 7. The van der Waals surface area contributed by atoms with Gasteiger partial charge in [-0.3, -0.25) is 10.1 Å². The first-order chi connectivity index (χ1) is 20.3. The molecule has 0 radical (unpaired) electrons. The number of hydrogen-bond donors (Lipinski definition) is 1. The second-order valence-electron chi connectivity index (χ2n) is 10.2. The lowest BCUT2D eigenvalue weighted by molar-refractivity contribution is -0.154. The molecule has 1 aromatic heterocycles. The van der Waals surface area contributed by atoms with Crippen LogP contribution in [0.4, 0.5) is 10.5 Å². The molecule has 5 rings (SSSR count). The van der Waals surface area contributed by atoms with Gasteiger partial charge in [0.05, 0.1) is 12.0 Å². The lowest BCUT2D eigenvalue weighted by Crippen LogP contribution is -2.42. The zero-order valence-corrected chi connectivity index (χ0v) is 24.6. The van der Waals surface area contributed by atoms with Crippen molar-refractivity contribution in [2.45, 2.75) is 45.1 Å². The molecule has 1 N–H and O–H groups in total. The van der Waals surface area contributed by atoms with Crippen molar-refractivity contribution < 1.29 is 28.3 Å². The molecule has 0 unspecified atom stereocenters. The maximum absolute atomic E-state index is 12.9. The molecule has 0 saturated carbocycles. The average molecular weight is 589 g/mol. The highest BCUT2D eigenvalue weighted by Gasteiger charge is 2.43. The molecule has 218 valence electrons. The molecule has 1 saturated heterocycles. The van der Waals surface area contributed by atoms with E-state index in [1.54, 1.807) is 19.9 Å². The van der Waals surface area contributed by atoms with Gasteiger partial charge in [-0.1, -0.05) is 83.5 Å². The van der Waals surface area contributed by atoms with Crippen molar-refractivity contribution in [3.8, 4) is 22.5 Å². The van der Waals surface area contributed by atoms with E-state index in [0.29, 0.717) is 60.4 Å². The molecule has 8 nitrogen and oxygen atoms in total. The minimum atomic E-state index is -0.684. The highest BCUT2D eigenvalue weighted by Crippen LogP contribution is 2.38. The number of amides is 1. The second kappa shape index (κ2) is 12.8. The van der Waals surface area contributed by atoms with Crippen LogP contribution >= 0.6 is 11.6 Å². The first-order valence-electron chi connectivity index (χ1n) is 14.0. The Labute approximate surface area is 249 Å². The van der Waals surface area contributed by atoms with Gasteiger partial charge in [0.1, 0.15) is 17.5 Å². The number of ether oxygens (including phenoxy) is 3. The monoisotopic (exact) mass is 588 g/mol. The third kappa shape index (κ3) is 6.05. The van der Waals surface area contributed by atoms with Crippen LogP contribution in [-0.2, 0) is 24.4 Å². The minimum absolute atomic E-state index is 0.195. The van der Waals surface area contributed by atoms with Crippen LogP contribution in [0.25, 0.3) is 22.5 Å². The van der Waals surface area contributed by atoms with Crippen molar-refractivity contribution in [2.75, 3.05) is 25.1 Å². The zero-order chi connectivity index (χ0) is 29.7. The predicted molar refractivity (Wildman–Crippen MR) is 160 cm³/mol. The third-order valence-corrected chi connectivity index (χ3v) is 7.99.